The lowest BCUT2D eigenvalue weighted by molar-refractivity contribution is -0.00316. The monoisotopic (exact) mass is 419 g/mol. The maximum Gasteiger partial charge on any atom is 0.0506 e. The highest BCUT2D eigenvalue weighted by molar-refractivity contribution is 6.30. The second-order valence-electron chi connectivity index (χ2n) is 9.28. The second kappa shape index (κ2) is 11.1. The normalized spacial score (nSPS) is 27.1. The van der Waals surface area contributed by atoms with Gasteiger partial charge < -0.3 is 9.64 Å². The number of likely N-dealkylation sites (tertiary alicyclic amines) is 1. The van der Waals surface area contributed by atoms with Crippen molar-refractivity contribution in [1.82, 2.24) is 14.7 Å². The maximum atomic E-state index is 6.08. The number of rotatable bonds is 8. The summed E-state index contributed by atoms with van der Waals surface area (Å²) in [6, 6.07) is 9.06. The predicted molar refractivity (Wildman–Crippen MR) is 121 cm³/mol. The molecule has 162 valence electrons. The van der Waals surface area contributed by atoms with E-state index in [-0.39, 0.29) is 0 Å². The Labute approximate surface area is 182 Å². The summed E-state index contributed by atoms with van der Waals surface area (Å²) in [5, 5.41) is 0.825. The van der Waals surface area contributed by atoms with Crippen molar-refractivity contribution in [3.63, 3.8) is 0 Å². The quantitative estimate of drug-likeness (QED) is 0.589. The van der Waals surface area contributed by atoms with Crippen LogP contribution in [0.2, 0.25) is 5.02 Å². The van der Waals surface area contributed by atoms with Gasteiger partial charge in [-0.2, -0.15) is 0 Å². The molecule has 3 fully saturated rings. The molecule has 1 aromatic rings. The van der Waals surface area contributed by atoms with Crippen LogP contribution in [0.4, 0.5) is 0 Å². The van der Waals surface area contributed by atoms with Gasteiger partial charge in [-0.15, -0.1) is 0 Å². The van der Waals surface area contributed by atoms with E-state index in [2.05, 4.69) is 26.8 Å². The van der Waals surface area contributed by atoms with Crippen molar-refractivity contribution in [2.24, 2.45) is 5.92 Å². The Morgan fingerprint density at radius 3 is 2.55 bits per heavy atom. The van der Waals surface area contributed by atoms with Gasteiger partial charge in [-0.1, -0.05) is 30.2 Å². The third-order valence-corrected chi connectivity index (χ3v) is 7.23. The molecule has 3 aliphatic rings. The average molecular weight is 420 g/mol. The van der Waals surface area contributed by atoms with Crippen molar-refractivity contribution in [3.8, 4) is 0 Å². The Morgan fingerprint density at radius 1 is 0.897 bits per heavy atom. The van der Waals surface area contributed by atoms with Gasteiger partial charge in [0.15, 0.2) is 0 Å². The first-order valence-electron chi connectivity index (χ1n) is 11.8. The fraction of sp³-hybridized carbons (Fsp3) is 0.750. The van der Waals surface area contributed by atoms with Crippen molar-refractivity contribution >= 4 is 11.6 Å². The molecule has 0 saturated carbocycles. The number of hydrogen-bond donors (Lipinski definition) is 0. The number of piperazine rings is 1. The van der Waals surface area contributed by atoms with E-state index < -0.39 is 0 Å². The summed E-state index contributed by atoms with van der Waals surface area (Å²) in [7, 11) is 0. The van der Waals surface area contributed by atoms with Crippen LogP contribution in [0.5, 0.6) is 0 Å². The SMILES string of the molecule is Clc1ccc(CN2CCN3CC(COCCCN4CCCCC4)CCC3C2)cc1. The minimum Gasteiger partial charge on any atom is -0.381 e. The number of nitrogens with zero attached hydrogens (tertiary/aromatic N) is 3. The summed E-state index contributed by atoms with van der Waals surface area (Å²) in [6.45, 7) is 11.6. The van der Waals surface area contributed by atoms with Gasteiger partial charge in [-0.3, -0.25) is 9.80 Å². The maximum absolute atomic E-state index is 6.08. The van der Waals surface area contributed by atoms with Gasteiger partial charge in [0.25, 0.3) is 0 Å². The summed E-state index contributed by atoms with van der Waals surface area (Å²) >= 11 is 6.02. The molecule has 2 unspecified atom stereocenters. The molecule has 0 aliphatic carbocycles. The molecule has 0 radical (unpaired) electrons. The van der Waals surface area contributed by atoms with Gasteiger partial charge in [0.2, 0.25) is 0 Å². The van der Waals surface area contributed by atoms with E-state index in [1.54, 1.807) is 0 Å². The van der Waals surface area contributed by atoms with E-state index in [4.69, 9.17) is 16.3 Å². The van der Waals surface area contributed by atoms with Crippen LogP contribution in [0.25, 0.3) is 0 Å². The Balaban J connectivity index is 1.11. The molecule has 4 nitrogen and oxygen atoms in total. The fourth-order valence-corrected chi connectivity index (χ4v) is 5.40. The lowest BCUT2D eigenvalue weighted by atomic mass is 9.91. The van der Waals surface area contributed by atoms with Gasteiger partial charge >= 0.3 is 0 Å². The third kappa shape index (κ3) is 6.67. The Bertz CT molecular complexity index is 605. The fourth-order valence-electron chi connectivity index (χ4n) is 5.27. The van der Waals surface area contributed by atoms with Gasteiger partial charge in [0.1, 0.15) is 0 Å². The minimum absolute atomic E-state index is 0.726. The first-order chi connectivity index (χ1) is 14.3. The van der Waals surface area contributed by atoms with Crippen LogP contribution in [0.1, 0.15) is 44.1 Å². The van der Waals surface area contributed by atoms with E-state index in [1.807, 2.05) is 12.1 Å². The molecule has 0 N–H and O–H groups in total. The number of ether oxygens (including phenoxy) is 1. The number of hydrogen-bond acceptors (Lipinski definition) is 4. The van der Waals surface area contributed by atoms with Crippen molar-refractivity contribution in [2.45, 2.75) is 51.1 Å². The van der Waals surface area contributed by atoms with Crippen molar-refractivity contribution in [3.05, 3.63) is 34.9 Å². The van der Waals surface area contributed by atoms with E-state index in [9.17, 15) is 0 Å². The first kappa shape index (κ1) is 21.6. The van der Waals surface area contributed by atoms with Crippen molar-refractivity contribution in [2.75, 3.05) is 59.0 Å². The predicted octanol–water partition coefficient (Wildman–Crippen LogP) is 4.13. The van der Waals surface area contributed by atoms with Gasteiger partial charge in [0, 0.05) is 56.9 Å². The molecule has 3 saturated heterocycles. The van der Waals surface area contributed by atoms with Crippen molar-refractivity contribution in [1.29, 1.82) is 0 Å². The van der Waals surface area contributed by atoms with E-state index in [0.717, 1.165) is 36.7 Å². The summed E-state index contributed by atoms with van der Waals surface area (Å²) in [6.07, 6.45) is 8.03. The molecule has 4 rings (SSSR count). The third-order valence-electron chi connectivity index (χ3n) is 6.97. The largest absolute Gasteiger partial charge is 0.381 e. The standard InChI is InChI=1S/C24H38ClN3O/c25-23-8-5-21(6-9-23)17-27-14-15-28-18-22(7-10-24(28)19-27)20-29-16-4-13-26-11-2-1-3-12-26/h5-6,8-9,22,24H,1-4,7,10-20H2. The van der Waals surface area contributed by atoms with Gasteiger partial charge in [-0.05, 0) is 68.8 Å². The molecule has 2 atom stereocenters. The molecule has 3 aliphatic heterocycles. The first-order valence-corrected chi connectivity index (χ1v) is 12.1. The number of fused-ring (bicyclic) bond motifs is 1. The molecule has 5 heteroatoms. The molecule has 0 amide bonds. The molecule has 1 aromatic carbocycles. The van der Waals surface area contributed by atoms with Crippen LogP contribution in [0.3, 0.4) is 0 Å². The highest BCUT2D eigenvalue weighted by Crippen LogP contribution is 2.26. The second-order valence-corrected chi connectivity index (χ2v) is 9.72. The van der Waals surface area contributed by atoms with Crippen LogP contribution < -0.4 is 0 Å². The zero-order chi connectivity index (χ0) is 19.9. The van der Waals surface area contributed by atoms with E-state index >= 15 is 0 Å². The summed E-state index contributed by atoms with van der Waals surface area (Å²) in [5.41, 5.74) is 1.37. The summed E-state index contributed by atoms with van der Waals surface area (Å²) in [4.78, 5) is 7.95. The Hall–Kier alpha value is -0.650. The van der Waals surface area contributed by atoms with Gasteiger partial charge in [-0.25, -0.2) is 0 Å². The molecule has 3 heterocycles. The molecule has 29 heavy (non-hydrogen) atoms. The number of halogens is 1. The Morgan fingerprint density at radius 2 is 1.72 bits per heavy atom. The van der Waals surface area contributed by atoms with Crippen LogP contribution in [0, 0.1) is 5.92 Å². The number of benzene rings is 1. The highest BCUT2D eigenvalue weighted by atomic mass is 35.5. The Kier molecular flexibility index (Phi) is 8.26. The van der Waals surface area contributed by atoms with Crippen LogP contribution in [-0.4, -0.2) is 79.8 Å². The van der Waals surface area contributed by atoms with Crippen LogP contribution >= 0.6 is 11.6 Å². The van der Waals surface area contributed by atoms with Crippen LogP contribution in [0.15, 0.2) is 24.3 Å². The zero-order valence-corrected chi connectivity index (χ0v) is 18.7. The minimum atomic E-state index is 0.726. The summed E-state index contributed by atoms with van der Waals surface area (Å²) in [5.74, 6) is 0.726. The van der Waals surface area contributed by atoms with Gasteiger partial charge in [0.05, 0.1) is 6.61 Å². The smallest absolute Gasteiger partial charge is 0.0506 e. The summed E-state index contributed by atoms with van der Waals surface area (Å²) < 4.78 is 6.08. The average Bonchev–Trinajstić information content (AvgIpc) is 2.76. The van der Waals surface area contributed by atoms with E-state index in [0.29, 0.717) is 0 Å². The topological polar surface area (TPSA) is 19.0 Å². The van der Waals surface area contributed by atoms with E-state index in [1.165, 1.54) is 89.9 Å². The van der Waals surface area contributed by atoms with Crippen molar-refractivity contribution < 1.29 is 4.74 Å². The number of piperidine rings is 2. The zero-order valence-electron chi connectivity index (χ0n) is 17.9. The van der Waals surface area contributed by atoms with Crippen LogP contribution in [-0.2, 0) is 11.3 Å². The molecule has 0 bridgehead atoms. The molecular weight excluding hydrogens is 382 g/mol. The lowest BCUT2D eigenvalue weighted by Gasteiger charge is -2.46. The molecular formula is C24H38ClN3O. The highest BCUT2D eigenvalue weighted by Gasteiger charge is 2.32. The molecule has 0 aromatic heterocycles. The molecule has 0 spiro atoms. The lowest BCUT2D eigenvalue weighted by Crippen LogP contribution is -2.56.